The third kappa shape index (κ3) is 5.31. The summed E-state index contributed by atoms with van der Waals surface area (Å²) in [6.07, 6.45) is 0. The molecule has 7 nitrogen and oxygen atoms in total. The van der Waals surface area contributed by atoms with Gasteiger partial charge >= 0.3 is 5.97 Å². The van der Waals surface area contributed by atoms with Crippen molar-refractivity contribution in [1.29, 1.82) is 0 Å². The predicted octanol–water partition coefficient (Wildman–Crippen LogP) is 1.85. The number of nitrogens with zero attached hydrogens (tertiary/aromatic N) is 1. The van der Waals surface area contributed by atoms with Crippen LogP contribution in [0, 0.1) is 5.92 Å². The molecule has 0 radical (unpaired) electrons. The largest absolute Gasteiger partial charge is 0.455 e. The number of hydrogen-bond acceptors (Lipinski definition) is 5. The monoisotopic (exact) mass is 356 g/mol. The molecule has 24 heavy (non-hydrogen) atoms. The second-order valence-electron chi connectivity index (χ2n) is 5.95. The highest BCUT2D eigenvalue weighted by Gasteiger charge is 2.22. The van der Waals surface area contributed by atoms with Gasteiger partial charge < -0.3 is 10.1 Å². The molecule has 0 saturated carbocycles. The summed E-state index contributed by atoms with van der Waals surface area (Å²) in [5.41, 5.74) is 0.423. The molecule has 0 saturated heterocycles. The molecule has 0 spiro atoms. The van der Waals surface area contributed by atoms with Crippen molar-refractivity contribution in [3.63, 3.8) is 0 Å². The molecule has 0 heterocycles. The van der Waals surface area contributed by atoms with Gasteiger partial charge in [-0.25, -0.2) is 8.42 Å². The van der Waals surface area contributed by atoms with E-state index >= 15 is 0 Å². The lowest BCUT2D eigenvalue weighted by Gasteiger charge is -2.21. The van der Waals surface area contributed by atoms with E-state index in [0.29, 0.717) is 5.69 Å². The van der Waals surface area contributed by atoms with Crippen molar-refractivity contribution < 1.29 is 22.7 Å². The van der Waals surface area contributed by atoms with E-state index in [2.05, 4.69) is 5.32 Å². The van der Waals surface area contributed by atoms with E-state index < -0.39 is 21.9 Å². The van der Waals surface area contributed by atoms with Crippen molar-refractivity contribution in [3.05, 3.63) is 24.3 Å². The molecule has 0 aliphatic carbocycles. The Hall–Kier alpha value is -1.93. The van der Waals surface area contributed by atoms with Gasteiger partial charge in [0.05, 0.1) is 10.8 Å². The first-order valence-electron chi connectivity index (χ1n) is 7.60. The maximum absolute atomic E-state index is 12.3. The highest BCUT2D eigenvalue weighted by atomic mass is 32.2. The number of rotatable bonds is 7. The Balaban J connectivity index is 2.72. The minimum absolute atomic E-state index is 0.142. The Labute approximate surface area is 143 Å². The Bertz CT molecular complexity index is 681. The fourth-order valence-corrected chi connectivity index (χ4v) is 3.02. The second-order valence-corrected chi connectivity index (χ2v) is 7.95. The topological polar surface area (TPSA) is 92.8 Å². The van der Waals surface area contributed by atoms with Crippen LogP contribution in [0.15, 0.2) is 29.2 Å². The van der Waals surface area contributed by atoms with E-state index in [0.717, 1.165) is 0 Å². The quantitative estimate of drug-likeness (QED) is 0.753. The molecule has 8 heteroatoms. The van der Waals surface area contributed by atoms with Gasteiger partial charge in [0.2, 0.25) is 10.0 Å². The number of anilines is 1. The Morgan fingerprint density at radius 2 is 1.67 bits per heavy atom. The van der Waals surface area contributed by atoms with E-state index in [1.165, 1.54) is 35.6 Å². The van der Waals surface area contributed by atoms with E-state index in [1.807, 2.05) is 0 Å². The van der Waals surface area contributed by atoms with Crippen LogP contribution in [0.4, 0.5) is 5.69 Å². The number of carbonyl (C=O) groups is 2. The van der Waals surface area contributed by atoms with Crippen molar-refractivity contribution in [2.24, 2.45) is 5.92 Å². The van der Waals surface area contributed by atoms with Gasteiger partial charge in [-0.15, -0.1) is 0 Å². The lowest BCUT2D eigenvalue weighted by molar-refractivity contribution is -0.150. The van der Waals surface area contributed by atoms with E-state index in [-0.39, 0.29) is 23.5 Å². The van der Waals surface area contributed by atoms with Gasteiger partial charge in [-0.05, 0) is 38.1 Å². The number of amides is 1. The maximum Gasteiger partial charge on any atom is 0.308 e. The Morgan fingerprint density at radius 1 is 1.12 bits per heavy atom. The van der Waals surface area contributed by atoms with Crippen molar-refractivity contribution in [1.82, 2.24) is 4.31 Å². The highest BCUT2D eigenvalue weighted by Crippen LogP contribution is 2.19. The summed E-state index contributed by atoms with van der Waals surface area (Å²) >= 11 is 0. The van der Waals surface area contributed by atoms with Gasteiger partial charge in [0.1, 0.15) is 0 Å². The van der Waals surface area contributed by atoms with Gasteiger partial charge in [0, 0.05) is 18.8 Å². The lowest BCUT2D eigenvalue weighted by Crippen LogP contribution is -2.33. The van der Waals surface area contributed by atoms with Crippen LogP contribution in [0.5, 0.6) is 0 Å². The average molecular weight is 356 g/mol. The molecule has 0 bridgehead atoms. The zero-order valence-corrected chi connectivity index (χ0v) is 15.4. The number of benzene rings is 1. The van der Waals surface area contributed by atoms with Gasteiger partial charge in [-0.1, -0.05) is 13.8 Å². The van der Waals surface area contributed by atoms with Gasteiger partial charge in [-0.2, -0.15) is 4.31 Å². The third-order valence-electron chi connectivity index (χ3n) is 3.36. The number of ether oxygens (including phenoxy) is 1. The predicted molar refractivity (Wildman–Crippen MR) is 91.0 cm³/mol. The number of hydrogen-bond donors (Lipinski definition) is 1. The molecule has 1 rings (SSSR count). The van der Waals surface area contributed by atoms with Crippen LogP contribution in [0.1, 0.15) is 27.7 Å². The summed E-state index contributed by atoms with van der Waals surface area (Å²) in [5.74, 6) is -1.25. The fourth-order valence-electron chi connectivity index (χ4n) is 1.65. The molecule has 1 aromatic rings. The second kappa shape index (κ2) is 8.25. The Kier molecular flexibility index (Phi) is 6.92. The van der Waals surface area contributed by atoms with Gasteiger partial charge in [0.15, 0.2) is 6.61 Å². The molecular weight excluding hydrogens is 332 g/mol. The lowest BCUT2D eigenvalue weighted by atomic mass is 10.2. The summed E-state index contributed by atoms with van der Waals surface area (Å²) in [6.45, 7) is 6.53. The van der Waals surface area contributed by atoms with E-state index in [1.54, 1.807) is 27.7 Å². The molecule has 1 amide bonds. The SMILES string of the molecule is CC(C)C(=O)OCC(=O)Nc1ccc(S(=O)(=O)N(C)C(C)C)cc1. The third-order valence-corrected chi connectivity index (χ3v) is 5.41. The van der Waals surface area contributed by atoms with Crippen LogP contribution in [-0.4, -0.2) is 44.3 Å². The zero-order valence-electron chi connectivity index (χ0n) is 14.6. The molecule has 0 fully saturated rings. The van der Waals surface area contributed by atoms with Crippen LogP contribution in [-0.2, 0) is 24.3 Å². The summed E-state index contributed by atoms with van der Waals surface area (Å²) in [6, 6.07) is 5.66. The van der Waals surface area contributed by atoms with Crippen LogP contribution in [0.3, 0.4) is 0 Å². The van der Waals surface area contributed by atoms with Gasteiger partial charge in [-0.3, -0.25) is 9.59 Å². The van der Waals surface area contributed by atoms with Crippen molar-refractivity contribution >= 4 is 27.6 Å². The number of nitrogens with one attached hydrogen (secondary N) is 1. The molecule has 1 aromatic carbocycles. The molecule has 0 aliphatic heterocycles. The molecule has 134 valence electrons. The van der Waals surface area contributed by atoms with E-state index in [9.17, 15) is 18.0 Å². The summed E-state index contributed by atoms with van der Waals surface area (Å²) in [7, 11) is -2.05. The van der Waals surface area contributed by atoms with Crippen LogP contribution in [0.2, 0.25) is 0 Å². The molecular formula is C16H24N2O5S. The van der Waals surface area contributed by atoms with Crippen LogP contribution < -0.4 is 5.32 Å². The van der Waals surface area contributed by atoms with Crippen molar-refractivity contribution in [3.8, 4) is 0 Å². The fraction of sp³-hybridized carbons (Fsp3) is 0.500. The standard InChI is InChI=1S/C16H24N2O5S/c1-11(2)16(20)23-10-15(19)17-13-6-8-14(9-7-13)24(21,22)18(5)12(3)4/h6-9,11-12H,10H2,1-5H3,(H,17,19). The molecule has 0 atom stereocenters. The summed E-state index contributed by atoms with van der Waals surface area (Å²) in [4.78, 5) is 23.1. The highest BCUT2D eigenvalue weighted by molar-refractivity contribution is 7.89. The number of carbonyl (C=O) groups excluding carboxylic acids is 2. The maximum atomic E-state index is 12.3. The first kappa shape index (κ1) is 20.1. The average Bonchev–Trinajstić information content (AvgIpc) is 2.52. The molecule has 0 unspecified atom stereocenters. The minimum Gasteiger partial charge on any atom is -0.455 e. The van der Waals surface area contributed by atoms with E-state index in [4.69, 9.17) is 4.74 Å². The first-order valence-corrected chi connectivity index (χ1v) is 9.04. The molecule has 0 aliphatic rings. The smallest absolute Gasteiger partial charge is 0.308 e. The molecule has 1 N–H and O–H groups in total. The summed E-state index contributed by atoms with van der Waals surface area (Å²) in [5, 5.41) is 2.54. The Morgan fingerprint density at radius 3 is 2.12 bits per heavy atom. The first-order chi connectivity index (χ1) is 11.1. The zero-order chi connectivity index (χ0) is 18.5. The van der Waals surface area contributed by atoms with Crippen molar-refractivity contribution in [2.75, 3.05) is 19.0 Å². The number of esters is 1. The molecule has 0 aromatic heterocycles. The van der Waals surface area contributed by atoms with Crippen molar-refractivity contribution in [2.45, 2.75) is 38.6 Å². The summed E-state index contributed by atoms with van der Waals surface area (Å²) < 4.78 is 30.7. The minimum atomic E-state index is -3.56. The normalized spacial score (nSPS) is 11.8. The van der Waals surface area contributed by atoms with Crippen LogP contribution in [0.25, 0.3) is 0 Å². The van der Waals surface area contributed by atoms with Crippen LogP contribution >= 0.6 is 0 Å². The number of sulfonamides is 1. The van der Waals surface area contributed by atoms with Gasteiger partial charge in [0.25, 0.3) is 5.91 Å².